The summed E-state index contributed by atoms with van der Waals surface area (Å²) in [6.07, 6.45) is 0.497. The molecule has 1 aromatic carbocycles. The monoisotopic (exact) mass is 409 g/mol. The summed E-state index contributed by atoms with van der Waals surface area (Å²) in [5.74, 6) is 0.748. The van der Waals surface area contributed by atoms with Crippen LogP contribution in [0.4, 0.5) is 0 Å². The third-order valence-electron chi connectivity index (χ3n) is 4.59. The predicted molar refractivity (Wildman–Crippen MR) is 105 cm³/mol. The fourth-order valence-electron chi connectivity index (χ4n) is 3.23. The molecule has 2 atom stereocenters. The van der Waals surface area contributed by atoms with Crippen molar-refractivity contribution < 1.29 is 23.1 Å². The van der Waals surface area contributed by atoms with Crippen molar-refractivity contribution in [3.63, 3.8) is 0 Å². The van der Waals surface area contributed by atoms with Gasteiger partial charge in [0.2, 0.25) is 0 Å². The summed E-state index contributed by atoms with van der Waals surface area (Å²) in [5.41, 5.74) is 0.432. The van der Waals surface area contributed by atoms with Crippen molar-refractivity contribution in [2.75, 3.05) is 24.7 Å². The Balaban J connectivity index is 1.63. The van der Waals surface area contributed by atoms with E-state index in [1.54, 1.807) is 35.6 Å². The molecule has 3 rings (SSSR count). The number of carbonyl (C=O) groups excluding carboxylic acids is 1. The normalized spacial score (nSPS) is 19.9. The maximum absolute atomic E-state index is 11.9. The SMILES string of the molecule is O=Cc1ccccc1OCC(O)CN(Cc1cccs1)C1CCS(=O)(=O)C1. The Kier molecular flexibility index (Phi) is 6.64. The molecular formula is C19H23NO5S2. The van der Waals surface area contributed by atoms with E-state index in [1.165, 1.54) is 0 Å². The molecule has 0 saturated carbocycles. The van der Waals surface area contributed by atoms with Gasteiger partial charge in [-0.25, -0.2) is 8.42 Å². The number of carbonyl (C=O) groups is 1. The van der Waals surface area contributed by atoms with Gasteiger partial charge in [0.25, 0.3) is 0 Å². The first-order valence-corrected chi connectivity index (χ1v) is 11.5. The number of aldehydes is 1. The van der Waals surface area contributed by atoms with E-state index in [0.717, 1.165) is 4.88 Å². The quantitative estimate of drug-likeness (QED) is 0.638. The van der Waals surface area contributed by atoms with Crippen LogP contribution < -0.4 is 4.74 Å². The Labute approximate surface area is 163 Å². The smallest absolute Gasteiger partial charge is 0.153 e. The molecule has 0 aliphatic carbocycles. The van der Waals surface area contributed by atoms with Crippen LogP contribution in [0.15, 0.2) is 41.8 Å². The van der Waals surface area contributed by atoms with Gasteiger partial charge in [0.05, 0.1) is 17.1 Å². The van der Waals surface area contributed by atoms with Crippen molar-refractivity contribution in [1.82, 2.24) is 4.90 Å². The molecule has 1 aliphatic heterocycles. The van der Waals surface area contributed by atoms with Crippen LogP contribution in [0.25, 0.3) is 0 Å². The molecule has 2 unspecified atom stereocenters. The van der Waals surface area contributed by atoms with Crippen LogP contribution in [0.5, 0.6) is 5.75 Å². The van der Waals surface area contributed by atoms with Gasteiger partial charge in [-0.15, -0.1) is 11.3 Å². The second kappa shape index (κ2) is 8.97. The van der Waals surface area contributed by atoms with Crippen molar-refractivity contribution in [2.24, 2.45) is 0 Å². The molecular weight excluding hydrogens is 386 g/mol. The van der Waals surface area contributed by atoms with E-state index < -0.39 is 15.9 Å². The first-order valence-electron chi connectivity index (χ1n) is 8.79. The maximum atomic E-state index is 11.9. The number of hydrogen-bond acceptors (Lipinski definition) is 7. The number of benzene rings is 1. The summed E-state index contributed by atoms with van der Waals surface area (Å²) in [7, 11) is -3.01. The molecule has 1 N–H and O–H groups in total. The number of ether oxygens (including phenoxy) is 1. The molecule has 2 aromatic rings. The Bertz CT molecular complexity index is 851. The largest absolute Gasteiger partial charge is 0.490 e. The zero-order valence-corrected chi connectivity index (χ0v) is 16.5. The van der Waals surface area contributed by atoms with Gasteiger partial charge >= 0.3 is 0 Å². The fourth-order valence-corrected chi connectivity index (χ4v) is 5.72. The minimum Gasteiger partial charge on any atom is -0.490 e. The van der Waals surface area contributed by atoms with Gasteiger partial charge in [-0.05, 0) is 30.0 Å². The van der Waals surface area contributed by atoms with Crippen LogP contribution in [0.2, 0.25) is 0 Å². The van der Waals surface area contributed by atoms with Crippen LogP contribution in [0, 0.1) is 0 Å². The lowest BCUT2D eigenvalue weighted by molar-refractivity contribution is 0.0526. The number of rotatable bonds is 9. The Hall–Kier alpha value is -1.74. The van der Waals surface area contributed by atoms with Crippen LogP contribution >= 0.6 is 11.3 Å². The average molecular weight is 410 g/mol. The van der Waals surface area contributed by atoms with E-state index in [9.17, 15) is 18.3 Å². The van der Waals surface area contributed by atoms with Crippen LogP contribution in [-0.4, -0.2) is 61.5 Å². The summed E-state index contributed by atoms with van der Waals surface area (Å²) in [6.45, 7) is 0.937. The molecule has 0 radical (unpaired) electrons. The van der Waals surface area contributed by atoms with Crippen molar-refractivity contribution in [2.45, 2.75) is 25.1 Å². The average Bonchev–Trinajstić information content (AvgIpc) is 3.28. The lowest BCUT2D eigenvalue weighted by Gasteiger charge is -2.29. The van der Waals surface area contributed by atoms with E-state index in [1.807, 2.05) is 22.4 Å². The second-order valence-electron chi connectivity index (χ2n) is 6.69. The minimum absolute atomic E-state index is 0.0330. The molecule has 2 heterocycles. The van der Waals surface area contributed by atoms with Crippen molar-refractivity contribution in [3.05, 3.63) is 52.2 Å². The maximum Gasteiger partial charge on any atom is 0.153 e. The number of nitrogens with zero attached hydrogens (tertiary/aromatic N) is 1. The summed E-state index contributed by atoms with van der Waals surface area (Å²) in [4.78, 5) is 14.2. The highest BCUT2D eigenvalue weighted by Crippen LogP contribution is 2.22. The standard InChI is InChI=1S/C19H23NO5S2/c21-12-15-4-1-2-6-19(15)25-13-17(22)10-20(11-18-5-3-8-26-18)16-7-9-27(23,24)14-16/h1-6,8,12,16-17,22H,7,9-11,13-14H2. The Morgan fingerprint density at radius 1 is 1.30 bits per heavy atom. The highest BCUT2D eigenvalue weighted by atomic mass is 32.2. The minimum atomic E-state index is -3.01. The van der Waals surface area contributed by atoms with E-state index in [4.69, 9.17) is 4.74 Å². The van der Waals surface area contributed by atoms with Gasteiger partial charge in [0.1, 0.15) is 18.5 Å². The highest BCUT2D eigenvalue weighted by molar-refractivity contribution is 7.91. The zero-order chi connectivity index (χ0) is 19.3. The van der Waals surface area contributed by atoms with E-state index in [2.05, 4.69) is 0 Å². The summed E-state index contributed by atoms with van der Waals surface area (Å²) in [6, 6.07) is 10.7. The first-order chi connectivity index (χ1) is 13.0. The van der Waals surface area contributed by atoms with Gasteiger partial charge in [-0.2, -0.15) is 0 Å². The molecule has 1 aliphatic rings. The molecule has 0 amide bonds. The van der Waals surface area contributed by atoms with Gasteiger partial charge in [0.15, 0.2) is 16.1 Å². The molecule has 1 fully saturated rings. The lowest BCUT2D eigenvalue weighted by Crippen LogP contribution is -2.42. The second-order valence-corrected chi connectivity index (χ2v) is 9.95. The van der Waals surface area contributed by atoms with Crippen molar-refractivity contribution >= 4 is 27.5 Å². The summed E-state index contributed by atoms with van der Waals surface area (Å²) >= 11 is 1.61. The Morgan fingerprint density at radius 3 is 2.78 bits per heavy atom. The topological polar surface area (TPSA) is 83.9 Å². The molecule has 8 heteroatoms. The number of aliphatic hydroxyl groups excluding tert-OH is 1. The molecule has 1 saturated heterocycles. The van der Waals surface area contributed by atoms with Gasteiger partial charge in [0, 0.05) is 24.0 Å². The first kappa shape index (κ1) is 20.0. The van der Waals surface area contributed by atoms with Gasteiger partial charge in [-0.3, -0.25) is 9.69 Å². The molecule has 146 valence electrons. The molecule has 1 aromatic heterocycles. The highest BCUT2D eigenvalue weighted by Gasteiger charge is 2.33. The van der Waals surface area contributed by atoms with E-state index >= 15 is 0 Å². The zero-order valence-electron chi connectivity index (χ0n) is 14.9. The molecule has 27 heavy (non-hydrogen) atoms. The number of sulfone groups is 1. The summed E-state index contributed by atoms with van der Waals surface area (Å²) < 4.78 is 29.3. The predicted octanol–water partition coefficient (Wildman–Crippen LogP) is 1.99. The number of hydrogen-bond donors (Lipinski definition) is 1. The fraction of sp³-hybridized carbons (Fsp3) is 0.421. The number of aliphatic hydroxyl groups is 1. The third kappa shape index (κ3) is 5.62. The molecule has 6 nitrogen and oxygen atoms in total. The van der Waals surface area contributed by atoms with E-state index in [-0.39, 0.29) is 24.2 Å². The number of para-hydroxylation sites is 1. The molecule has 0 bridgehead atoms. The number of thiophene rings is 1. The Morgan fingerprint density at radius 2 is 2.11 bits per heavy atom. The van der Waals surface area contributed by atoms with E-state index in [0.29, 0.717) is 37.1 Å². The van der Waals surface area contributed by atoms with Crippen LogP contribution in [0.1, 0.15) is 21.7 Å². The third-order valence-corrected chi connectivity index (χ3v) is 7.20. The van der Waals surface area contributed by atoms with Crippen molar-refractivity contribution in [3.8, 4) is 5.75 Å². The van der Waals surface area contributed by atoms with Crippen molar-refractivity contribution in [1.29, 1.82) is 0 Å². The van der Waals surface area contributed by atoms with Gasteiger partial charge in [-0.1, -0.05) is 18.2 Å². The van der Waals surface area contributed by atoms with Crippen LogP contribution in [-0.2, 0) is 16.4 Å². The summed E-state index contributed by atoms with van der Waals surface area (Å²) in [5, 5.41) is 12.4. The van der Waals surface area contributed by atoms with Gasteiger partial charge < -0.3 is 9.84 Å². The van der Waals surface area contributed by atoms with Crippen LogP contribution in [0.3, 0.4) is 0 Å². The molecule has 0 spiro atoms. The lowest BCUT2D eigenvalue weighted by atomic mass is 10.2.